The summed E-state index contributed by atoms with van der Waals surface area (Å²) in [6.07, 6.45) is 3.42. The summed E-state index contributed by atoms with van der Waals surface area (Å²) in [5, 5.41) is 2.86. The first kappa shape index (κ1) is 16.2. The predicted octanol–water partition coefficient (Wildman–Crippen LogP) is 0.939. The van der Waals surface area contributed by atoms with Crippen molar-refractivity contribution in [2.75, 3.05) is 26.4 Å². The minimum atomic E-state index is -0.722. The van der Waals surface area contributed by atoms with Gasteiger partial charge in [0, 0.05) is 13.1 Å². The van der Waals surface area contributed by atoms with Crippen LogP contribution in [0, 0.1) is 11.8 Å². The first-order valence-electron chi connectivity index (χ1n) is 8.48. The van der Waals surface area contributed by atoms with E-state index in [0.29, 0.717) is 39.2 Å². The fraction of sp³-hybridized carbons (Fsp3) is 0.812. The van der Waals surface area contributed by atoms with Gasteiger partial charge in [-0.25, -0.2) is 9.69 Å². The summed E-state index contributed by atoms with van der Waals surface area (Å²) in [4.78, 5) is 39.9. The monoisotopic (exact) mass is 323 g/mol. The number of likely N-dealkylation sites (tertiary alicyclic amines) is 1. The second kappa shape index (κ2) is 6.11. The number of nitrogens with one attached hydrogen (secondary N) is 1. The molecule has 7 nitrogen and oxygen atoms in total. The molecule has 7 heteroatoms. The minimum absolute atomic E-state index is 0.0639. The van der Waals surface area contributed by atoms with Gasteiger partial charge in [0.2, 0.25) is 0 Å². The van der Waals surface area contributed by atoms with Crippen LogP contribution in [0.1, 0.15) is 39.5 Å². The van der Waals surface area contributed by atoms with Gasteiger partial charge in [0.25, 0.3) is 5.91 Å². The van der Waals surface area contributed by atoms with E-state index in [2.05, 4.69) is 10.2 Å². The zero-order chi connectivity index (χ0) is 16.6. The van der Waals surface area contributed by atoms with Crippen LogP contribution in [0.2, 0.25) is 0 Å². The van der Waals surface area contributed by atoms with Crippen LogP contribution in [-0.2, 0) is 14.3 Å². The zero-order valence-electron chi connectivity index (χ0n) is 13.8. The summed E-state index contributed by atoms with van der Waals surface area (Å²) in [7, 11) is 0. The fourth-order valence-corrected chi connectivity index (χ4v) is 3.55. The van der Waals surface area contributed by atoms with Crippen molar-refractivity contribution in [3.05, 3.63) is 0 Å². The van der Waals surface area contributed by atoms with E-state index in [9.17, 15) is 14.4 Å². The SMILES string of the molecule is CCOC(=O)C1CCN(CN2C(=O)N[C@@](C)(C3CC3)C2=O)CC1. The van der Waals surface area contributed by atoms with Crippen LogP contribution >= 0.6 is 0 Å². The van der Waals surface area contributed by atoms with Crippen molar-refractivity contribution in [2.45, 2.75) is 45.1 Å². The second-order valence-electron chi connectivity index (χ2n) is 6.93. The molecule has 1 atom stereocenters. The first-order chi connectivity index (χ1) is 11.0. The van der Waals surface area contributed by atoms with Crippen molar-refractivity contribution < 1.29 is 19.1 Å². The van der Waals surface area contributed by atoms with Crippen LogP contribution in [0.4, 0.5) is 4.79 Å². The predicted molar refractivity (Wildman–Crippen MR) is 82.3 cm³/mol. The normalized spacial score (nSPS) is 29.7. The average Bonchev–Trinajstić information content (AvgIpc) is 3.34. The van der Waals surface area contributed by atoms with E-state index in [1.807, 2.05) is 13.8 Å². The molecule has 0 aromatic heterocycles. The van der Waals surface area contributed by atoms with E-state index in [4.69, 9.17) is 4.74 Å². The number of imide groups is 1. The van der Waals surface area contributed by atoms with Gasteiger partial charge in [-0.3, -0.25) is 14.5 Å². The van der Waals surface area contributed by atoms with Gasteiger partial charge in [-0.05, 0) is 45.4 Å². The molecule has 1 saturated carbocycles. The molecule has 0 unspecified atom stereocenters. The number of rotatable bonds is 5. The quantitative estimate of drug-likeness (QED) is 0.602. The Kier molecular flexibility index (Phi) is 4.31. The second-order valence-corrected chi connectivity index (χ2v) is 6.93. The molecule has 128 valence electrons. The molecule has 0 aromatic rings. The smallest absolute Gasteiger partial charge is 0.326 e. The molecule has 3 fully saturated rings. The Balaban J connectivity index is 1.54. The summed E-state index contributed by atoms with van der Waals surface area (Å²) in [6.45, 7) is 5.74. The van der Waals surface area contributed by atoms with Crippen LogP contribution in [0.25, 0.3) is 0 Å². The lowest BCUT2D eigenvalue weighted by Gasteiger charge is -2.32. The van der Waals surface area contributed by atoms with Gasteiger partial charge in [0.05, 0.1) is 19.2 Å². The van der Waals surface area contributed by atoms with Gasteiger partial charge in [0.1, 0.15) is 5.54 Å². The summed E-state index contributed by atoms with van der Waals surface area (Å²) in [5.41, 5.74) is -0.722. The van der Waals surface area contributed by atoms with E-state index < -0.39 is 5.54 Å². The molecule has 0 spiro atoms. The molecule has 1 aliphatic carbocycles. The number of urea groups is 1. The topological polar surface area (TPSA) is 79.0 Å². The average molecular weight is 323 g/mol. The standard InChI is InChI=1S/C16H25N3O4/c1-3-23-13(20)11-6-8-18(9-7-11)10-19-14(21)16(2,12-4-5-12)17-15(19)22/h11-12H,3-10H2,1-2H3,(H,17,22)/t16-/m0/s1. The maximum atomic E-state index is 12.6. The lowest BCUT2D eigenvalue weighted by Crippen LogP contribution is -2.48. The van der Waals surface area contributed by atoms with E-state index in [-0.39, 0.29) is 29.7 Å². The molecule has 23 heavy (non-hydrogen) atoms. The van der Waals surface area contributed by atoms with Crippen LogP contribution in [0.5, 0.6) is 0 Å². The highest BCUT2D eigenvalue weighted by molar-refractivity contribution is 6.07. The van der Waals surface area contributed by atoms with Crippen molar-refractivity contribution in [1.29, 1.82) is 0 Å². The van der Waals surface area contributed by atoms with Gasteiger partial charge in [0.15, 0.2) is 0 Å². The number of esters is 1. The van der Waals surface area contributed by atoms with Crippen molar-refractivity contribution in [3.8, 4) is 0 Å². The number of nitrogens with zero attached hydrogens (tertiary/aromatic N) is 2. The number of carbonyl (C=O) groups excluding carboxylic acids is 3. The van der Waals surface area contributed by atoms with E-state index in [0.717, 1.165) is 12.8 Å². The molecule has 3 aliphatic rings. The lowest BCUT2D eigenvalue weighted by atomic mass is 9.96. The highest BCUT2D eigenvalue weighted by Gasteiger charge is 2.56. The Morgan fingerprint density at radius 1 is 1.26 bits per heavy atom. The molecule has 0 aromatic carbocycles. The van der Waals surface area contributed by atoms with Crippen LogP contribution in [-0.4, -0.2) is 59.6 Å². The van der Waals surface area contributed by atoms with Gasteiger partial charge >= 0.3 is 12.0 Å². The maximum absolute atomic E-state index is 12.6. The van der Waals surface area contributed by atoms with Crippen molar-refractivity contribution >= 4 is 17.9 Å². The van der Waals surface area contributed by atoms with E-state index in [1.165, 1.54) is 4.90 Å². The molecule has 2 saturated heterocycles. The van der Waals surface area contributed by atoms with Crippen molar-refractivity contribution in [1.82, 2.24) is 15.1 Å². The van der Waals surface area contributed by atoms with Crippen molar-refractivity contribution in [2.24, 2.45) is 11.8 Å². The highest BCUT2D eigenvalue weighted by Crippen LogP contribution is 2.42. The molecule has 0 radical (unpaired) electrons. The Labute approximate surface area is 136 Å². The van der Waals surface area contributed by atoms with Crippen LogP contribution in [0.15, 0.2) is 0 Å². The van der Waals surface area contributed by atoms with Crippen molar-refractivity contribution in [3.63, 3.8) is 0 Å². The van der Waals surface area contributed by atoms with Gasteiger partial charge in [-0.2, -0.15) is 0 Å². The van der Waals surface area contributed by atoms with Gasteiger partial charge in [-0.1, -0.05) is 0 Å². The van der Waals surface area contributed by atoms with E-state index in [1.54, 1.807) is 0 Å². The Morgan fingerprint density at radius 3 is 2.48 bits per heavy atom. The Morgan fingerprint density at radius 2 is 1.91 bits per heavy atom. The van der Waals surface area contributed by atoms with E-state index >= 15 is 0 Å². The third-order valence-corrected chi connectivity index (χ3v) is 5.24. The van der Waals surface area contributed by atoms with Crippen LogP contribution < -0.4 is 5.32 Å². The maximum Gasteiger partial charge on any atom is 0.326 e. The third kappa shape index (κ3) is 3.06. The summed E-state index contributed by atoms with van der Waals surface area (Å²) >= 11 is 0. The summed E-state index contributed by atoms with van der Waals surface area (Å²) in [6, 6.07) is -0.295. The van der Waals surface area contributed by atoms with Gasteiger partial charge < -0.3 is 10.1 Å². The summed E-state index contributed by atoms with van der Waals surface area (Å²) < 4.78 is 5.06. The number of amides is 3. The molecule has 2 heterocycles. The molecular weight excluding hydrogens is 298 g/mol. The zero-order valence-corrected chi connectivity index (χ0v) is 13.8. The molecule has 3 rings (SSSR count). The molecular formula is C16H25N3O4. The number of ether oxygens (including phenoxy) is 1. The number of hydrogen-bond donors (Lipinski definition) is 1. The number of carbonyl (C=O) groups is 3. The fourth-order valence-electron chi connectivity index (χ4n) is 3.55. The summed E-state index contributed by atoms with van der Waals surface area (Å²) in [5.74, 6) is -0.0366. The molecule has 1 N–H and O–H groups in total. The first-order valence-corrected chi connectivity index (χ1v) is 8.48. The largest absolute Gasteiger partial charge is 0.466 e. The van der Waals surface area contributed by atoms with Gasteiger partial charge in [-0.15, -0.1) is 0 Å². The molecule has 0 bridgehead atoms. The highest BCUT2D eigenvalue weighted by atomic mass is 16.5. The Bertz CT molecular complexity index is 511. The number of hydrogen-bond acceptors (Lipinski definition) is 5. The minimum Gasteiger partial charge on any atom is -0.466 e. The third-order valence-electron chi connectivity index (χ3n) is 5.24. The number of piperidine rings is 1. The molecule has 3 amide bonds. The Hall–Kier alpha value is -1.63. The van der Waals surface area contributed by atoms with Crippen LogP contribution in [0.3, 0.4) is 0 Å². The molecule has 2 aliphatic heterocycles. The lowest BCUT2D eigenvalue weighted by molar-refractivity contribution is -0.150.